The van der Waals surface area contributed by atoms with Gasteiger partial charge in [-0.1, -0.05) is 34.6 Å². The van der Waals surface area contributed by atoms with E-state index in [2.05, 4.69) is 45.3 Å². The van der Waals surface area contributed by atoms with Crippen LogP contribution in [0.4, 0.5) is 0 Å². The minimum absolute atomic E-state index is 0.154. The van der Waals surface area contributed by atoms with Gasteiger partial charge < -0.3 is 10.6 Å². The Hall–Kier alpha value is -0.710. The summed E-state index contributed by atoms with van der Waals surface area (Å²) in [7, 11) is 0. The molecule has 24 heavy (non-hydrogen) atoms. The summed E-state index contributed by atoms with van der Waals surface area (Å²) >= 11 is 1.72. The topological polar surface area (TPSA) is 58.2 Å². The van der Waals surface area contributed by atoms with Crippen molar-refractivity contribution in [1.29, 1.82) is 0 Å². The Balaban J connectivity index is 3.48. The Morgan fingerprint density at radius 2 is 1.50 bits per heavy atom. The maximum atomic E-state index is 11.6. The molecule has 0 radical (unpaired) electrons. The molecule has 0 heterocycles. The number of thioether (sulfide) groups is 1. The van der Waals surface area contributed by atoms with Crippen LogP contribution in [0.2, 0.25) is 0 Å². The third-order valence-electron chi connectivity index (χ3n) is 3.82. The molecule has 2 N–H and O–H groups in total. The summed E-state index contributed by atoms with van der Waals surface area (Å²) in [5.41, 5.74) is 0. The predicted octanol–water partition coefficient (Wildman–Crippen LogP) is 3.85. The standard InChI is InChI=1S/C19H38N2O2S/c1-15(2)8-11-21-19(23)14-24-12-9-17(5)7-6-10-20-18(22)13-16(3)4/h15-17H,6-14H2,1-5H3,(H,20,22)(H,21,23). The summed E-state index contributed by atoms with van der Waals surface area (Å²) in [6.45, 7) is 12.3. The van der Waals surface area contributed by atoms with Crippen molar-refractivity contribution in [3.8, 4) is 0 Å². The summed E-state index contributed by atoms with van der Waals surface area (Å²) in [4.78, 5) is 23.2. The van der Waals surface area contributed by atoms with Gasteiger partial charge >= 0.3 is 0 Å². The molecule has 0 fully saturated rings. The van der Waals surface area contributed by atoms with Gasteiger partial charge in [0.05, 0.1) is 5.75 Å². The van der Waals surface area contributed by atoms with Gasteiger partial charge in [-0.25, -0.2) is 0 Å². The molecule has 0 aromatic rings. The van der Waals surface area contributed by atoms with Gasteiger partial charge in [0.25, 0.3) is 0 Å². The fraction of sp³-hybridized carbons (Fsp3) is 0.895. The fourth-order valence-corrected chi connectivity index (χ4v) is 3.27. The number of rotatable bonds is 14. The molecule has 0 aromatic carbocycles. The number of carbonyl (C=O) groups excluding carboxylic acids is 2. The second-order valence-corrected chi connectivity index (χ2v) is 8.67. The van der Waals surface area contributed by atoms with Crippen molar-refractivity contribution >= 4 is 23.6 Å². The van der Waals surface area contributed by atoms with Gasteiger partial charge in [0, 0.05) is 19.5 Å². The van der Waals surface area contributed by atoms with E-state index in [1.54, 1.807) is 11.8 Å². The van der Waals surface area contributed by atoms with E-state index in [1.165, 1.54) is 0 Å². The Morgan fingerprint density at radius 1 is 0.833 bits per heavy atom. The summed E-state index contributed by atoms with van der Waals surface area (Å²) in [6.07, 6.45) is 4.95. The Morgan fingerprint density at radius 3 is 2.12 bits per heavy atom. The maximum absolute atomic E-state index is 11.6. The fourth-order valence-electron chi connectivity index (χ4n) is 2.27. The van der Waals surface area contributed by atoms with E-state index in [0.29, 0.717) is 29.9 Å². The van der Waals surface area contributed by atoms with Crippen LogP contribution in [0.15, 0.2) is 0 Å². The zero-order valence-corrected chi connectivity index (χ0v) is 17.1. The first-order valence-corrected chi connectivity index (χ1v) is 10.6. The Bertz CT molecular complexity index is 346. The molecular formula is C19H38N2O2S. The third-order valence-corrected chi connectivity index (χ3v) is 4.81. The molecule has 4 nitrogen and oxygen atoms in total. The second kappa shape index (κ2) is 14.6. The molecule has 5 heteroatoms. The molecule has 2 amide bonds. The van der Waals surface area contributed by atoms with Crippen LogP contribution in [0, 0.1) is 17.8 Å². The zero-order chi connectivity index (χ0) is 18.4. The van der Waals surface area contributed by atoms with Gasteiger partial charge in [-0.2, -0.15) is 11.8 Å². The highest BCUT2D eigenvalue weighted by Gasteiger charge is 2.07. The maximum Gasteiger partial charge on any atom is 0.229 e. The van der Waals surface area contributed by atoms with Crippen molar-refractivity contribution < 1.29 is 9.59 Å². The molecule has 0 saturated carbocycles. The first-order chi connectivity index (χ1) is 11.3. The van der Waals surface area contributed by atoms with E-state index in [4.69, 9.17) is 0 Å². The molecule has 0 aliphatic carbocycles. The lowest BCUT2D eigenvalue weighted by atomic mass is 10.0. The molecule has 0 rings (SSSR count). The smallest absolute Gasteiger partial charge is 0.229 e. The van der Waals surface area contributed by atoms with Gasteiger partial charge in [0.2, 0.25) is 11.8 Å². The quantitative estimate of drug-likeness (QED) is 0.464. The Labute approximate surface area is 153 Å². The van der Waals surface area contributed by atoms with Crippen LogP contribution in [0.1, 0.15) is 66.7 Å². The lowest BCUT2D eigenvalue weighted by Crippen LogP contribution is -2.27. The van der Waals surface area contributed by atoms with E-state index in [0.717, 1.165) is 44.5 Å². The van der Waals surface area contributed by atoms with Gasteiger partial charge in [-0.05, 0) is 49.2 Å². The van der Waals surface area contributed by atoms with Gasteiger partial charge in [-0.15, -0.1) is 0 Å². The van der Waals surface area contributed by atoms with Crippen LogP contribution in [-0.4, -0.2) is 36.4 Å². The number of carbonyl (C=O) groups is 2. The van der Waals surface area contributed by atoms with Crippen LogP contribution in [0.25, 0.3) is 0 Å². The minimum Gasteiger partial charge on any atom is -0.356 e. The highest BCUT2D eigenvalue weighted by Crippen LogP contribution is 2.14. The van der Waals surface area contributed by atoms with Gasteiger partial charge in [-0.3, -0.25) is 9.59 Å². The lowest BCUT2D eigenvalue weighted by Gasteiger charge is -2.12. The van der Waals surface area contributed by atoms with Crippen molar-refractivity contribution in [2.75, 3.05) is 24.6 Å². The van der Waals surface area contributed by atoms with Crippen molar-refractivity contribution in [2.24, 2.45) is 17.8 Å². The van der Waals surface area contributed by atoms with Crippen LogP contribution in [0.5, 0.6) is 0 Å². The van der Waals surface area contributed by atoms with E-state index in [-0.39, 0.29) is 11.8 Å². The first-order valence-electron chi connectivity index (χ1n) is 9.42. The largest absolute Gasteiger partial charge is 0.356 e. The van der Waals surface area contributed by atoms with Crippen molar-refractivity contribution in [2.45, 2.75) is 66.7 Å². The summed E-state index contributed by atoms with van der Waals surface area (Å²) in [5, 5.41) is 5.95. The zero-order valence-electron chi connectivity index (χ0n) is 16.3. The lowest BCUT2D eigenvalue weighted by molar-refractivity contribution is -0.122. The van der Waals surface area contributed by atoms with Crippen LogP contribution < -0.4 is 10.6 Å². The number of amides is 2. The molecule has 0 aliphatic rings. The molecule has 0 bridgehead atoms. The van der Waals surface area contributed by atoms with E-state index in [9.17, 15) is 9.59 Å². The first kappa shape index (κ1) is 23.3. The second-order valence-electron chi connectivity index (χ2n) is 7.57. The molecular weight excluding hydrogens is 320 g/mol. The average molecular weight is 359 g/mol. The monoisotopic (exact) mass is 358 g/mol. The molecule has 1 unspecified atom stereocenters. The third kappa shape index (κ3) is 16.2. The predicted molar refractivity (Wildman–Crippen MR) is 105 cm³/mol. The van der Waals surface area contributed by atoms with Crippen LogP contribution >= 0.6 is 11.8 Å². The number of hydrogen-bond donors (Lipinski definition) is 2. The van der Waals surface area contributed by atoms with E-state index in [1.807, 2.05) is 0 Å². The molecule has 0 aromatic heterocycles. The molecule has 142 valence electrons. The van der Waals surface area contributed by atoms with Crippen molar-refractivity contribution in [3.63, 3.8) is 0 Å². The highest BCUT2D eigenvalue weighted by molar-refractivity contribution is 7.99. The minimum atomic E-state index is 0.154. The van der Waals surface area contributed by atoms with Crippen molar-refractivity contribution in [1.82, 2.24) is 10.6 Å². The molecule has 0 aliphatic heterocycles. The summed E-state index contributed by atoms with van der Waals surface area (Å²) in [6, 6.07) is 0. The van der Waals surface area contributed by atoms with E-state index >= 15 is 0 Å². The number of nitrogens with one attached hydrogen (secondary N) is 2. The van der Waals surface area contributed by atoms with E-state index < -0.39 is 0 Å². The SMILES string of the molecule is CC(C)CCNC(=O)CSCCC(C)CCCNC(=O)CC(C)C. The van der Waals surface area contributed by atoms with Gasteiger partial charge in [0.1, 0.15) is 0 Å². The molecule has 0 spiro atoms. The van der Waals surface area contributed by atoms with Crippen LogP contribution in [0.3, 0.4) is 0 Å². The summed E-state index contributed by atoms with van der Waals surface area (Å²) in [5.74, 6) is 3.60. The van der Waals surface area contributed by atoms with Crippen molar-refractivity contribution in [3.05, 3.63) is 0 Å². The normalized spacial score (nSPS) is 12.5. The molecule has 1 atom stereocenters. The van der Waals surface area contributed by atoms with Gasteiger partial charge in [0.15, 0.2) is 0 Å². The highest BCUT2D eigenvalue weighted by atomic mass is 32.2. The average Bonchev–Trinajstić information content (AvgIpc) is 2.47. The molecule has 0 saturated heterocycles. The summed E-state index contributed by atoms with van der Waals surface area (Å²) < 4.78 is 0. The Kier molecular flexibility index (Phi) is 14.2. The number of hydrogen-bond acceptors (Lipinski definition) is 3. The van der Waals surface area contributed by atoms with Crippen LogP contribution in [-0.2, 0) is 9.59 Å².